The zero-order chi connectivity index (χ0) is 13.1. The molecule has 2 nitrogen and oxygen atoms in total. The molecule has 5 heteroatoms. The molecule has 92 valence electrons. The molecule has 0 saturated heterocycles. The molecule has 1 amide bonds. The van der Waals surface area contributed by atoms with Crippen LogP contribution < -0.4 is 5.32 Å². The molecule has 0 radical (unpaired) electrons. The Morgan fingerprint density at radius 1 is 1.17 bits per heavy atom. The maximum absolute atomic E-state index is 13.6. The van der Waals surface area contributed by atoms with E-state index in [2.05, 4.69) is 27.9 Å². The van der Waals surface area contributed by atoms with Crippen LogP contribution in [-0.4, -0.2) is 5.91 Å². The number of benzene rings is 2. The van der Waals surface area contributed by atoms with Crippen LogP contribution in [0, 0.1) is 9.39 Å². The van der Waals surface area contributed by atoms with Crippen molar-refractivity contribution in [1.29, 1.82) is 0 Å². The SMILES string of the molecule is O=C(Nc1ccc(I)cc1)c1cccc(Cl)c1F. The monoisotopic (exact) mass is 375 g/mol. The van der Waals surface area contributed by atoms with Gasteiger partial charge in [-0.2, -0.15) is 0 Å². The molecule has 0 fully saturated rings. The van der Waals surface area contributed by atoms with Gasteiger partial charge in [0.05, 0.1) is 10.6 Å². The number of nitrogens with one attached hydrogen (secondary N) is 1. The Labute approximate surface area is 122 Å². The normalized spacial score (nSPS) is 10.2. The Morgan fingerprint density at radius 2 is 1.83 bits per heavy atom. The molecule has 0 atom stereocenters. The van der Waals surface area contributed by atoms with E-state index in [0.29, 0.717) is 5.69 Å². The second-order valence-corrected chi connectivity index (χ2v) is 5.22. The molecule has 0 aliphatic rings. The van der Waals surface area contributed by atoms with Gasteiger partial charge >= 0.3 is 0 Å². The summed E-state index contributed by atoms with van der Waals surface area (Å²) in [4.78, 5) is 11.9. The van der Waals surface area contributed by atoms with Crippen molar-refractivity contribution in [1.82, 2.24) is 0 Å². The van der Waals surface area contributed by atoms with Crippen molar-refractivity contribution in [3.8, 4) is 0 Å². The Bertz CT molecular complexity index is 586. The third-order valence-electron chi connectivity index (χ3n) is 2.30. The van der Waals surface area contributed by atoms with E-state index in [9.17, 15) is 9.18 Å². The van der Waals surface area contributed by atoms with Crippen LogP contribution in [0.2, 0.25) is 5.02 Å². The van der Waals surface area contributed by atoms with E-state index >= 15 is 0 Å². The first-order valence-corrected chi connectivity index (χ1v) is 6.54. The predicted molar refractivity (Wildman–Crippen MR) is 78.5 cm³/mol. The minimum absolute atomic E-state index is 0.0646. The van der Waals surface area contributed by atoms with Gasteiger partial charge in [-0.3, -0.25) is 4.79 Å². The van der Waals surface area contributed by atoms with Crippen LogP contribution in [-0.2, 0) is 0 Å². The van der Waals surface area contributed by atoms with Crippen molar-refractivity contribution < 1.29 is 9.18 Å². The highest BCUT2D eigenvalue weighted by Gasteiger charge is 2.13. The fraction of sp³-hybridized carbons (Fsp3) is 0. The van der Waals surface area contributed by atoms with Gasteiger partial charge < -0.3 is 5.32 Å². The summed E-state index contributed by atoms with van der Waals surface area (Å²) in [5, 5.41) is 2.55. The minimum Gasteiger partial charge on any atom is -0.322 e. The minimum atomic E-state index is -0.706. The number of anilines is 1. The van der Waals surface area contributed by atoms with E-state index in [4.69, 9.17) is 11.6 Å². The van der Waals surface area contributed by atoms with E-state index in [1.54, 1.807) is 12.1 Å². The lowest BCUT2D eigenvalue weighted by molar-refractivity contribution is 0.102. The average Bonchev–Trinajstić information content (AvgIpc) is 2.35. The van der Waals surface area contributed by atoms with Crippen molar-refractivity contribution in [2.45, 2.75) is 0 Å². The van der Waals surface area contributed by atoms with Crippen molar-refractivity contribution in [2.24, 2.45) is 0 Å². The topological polar surface area (TPSA) is 29.1 Å². The molecule has 0 heterocycles. The molecule has 0 saturated carbocycles. The van der Waals surface area contributed by atoms with Crippen LogP contribution in [0.1, 0.15) is 10.4 Å². The van der Waals surface area contributed by atoms with Crippen molar-refractivity contribution >= 4 is 45.8 Å². The number of halogens is 3. The summed E-state index contributed by atoms with van der Waals surface area (Å²) < 4.78 is 14.7. The van der Waals surface area contributed by atoms with E-state index in [0.717, 1.165) is 3.57 Å². The fourth-order valence-electron chi connectivity index (χ4n) is 1.41. The molecule has 2 aromatic carbocycles. The average molecular weight is 376 g/mol. The smallest absolute Gasteiger partial charge is 0.258 e. The van der Waals surface area contributed by atoms with E-state index < -0.39 is 11.7 Å². The number of amides is 1. The molecule has 1 N–H and O–H groups in total. The second kappa shape index (κ2) is 5.67. The lowest BCUT2D eigenvalue weighted by Crippen LogP contribution is -2.13. The molecule has 2 rings (SSSR count). The van der Waals surface area contributed by atoms with Gasteiger partial charge in [-0.25, -0.2) is 4.39 Å². The van der Waals surface area contributed by atoms with Crippen molar-refractivity contribution in [3.05, 3.63) is 62.4 Å². The van der Waals surface area contributed by atoms with Gasteiger partial charge in [-0.05, 0) is 59.0 Å². The van der Waals surface area contributed by atoms with Gasteiger partial charge in [0.15, 0.2) is 5.82 Å². The molecule has 18 heavy (non-hydrogen) atoms. The second-order valence-electron chi connectivity index (χ2n) is 3.56. The van der Waals surface area contributed by atoms with Crippen LogP contribution in [0.4, 0.5) is 10.1 Å². The van der Waals surface area contributed by atoms with Crippen LogP contribution in [0.3, 0.4) is 0 Å². The molecule has 0 bridgehead atoms. The molecular weight excluding hydrogens is 368 g/mol. The molecule has 0 aromatic heterocycles. The highest BCUT2D eigenvalue weighted by molar-refractivity contribution is 14.1. The Balaban J connectivity index is 2.22. The molecule has 2 aromatic rings. The van der Waals surface area contributed by atoms with Crippen LogP contribution >= 0.6 is 34.2 Å². The van der Waals surface area contributed by atoms with Gasteiger partial charge in [-0.1, -0.05) is 17.7 Å². The molecule has 0 spiro atoms. The largest absolute Gasteiger partial charge is 0.322 e. The maximum atomic E-state index is 13.6. The summed E-state index contributed by atoms with van der Waals surface area (Å²) in [6.45, 7) is 0. The summed E-state index contributed by atoms with van der Waals surface area (Å²) in [7, 11) is 0. The standard InChI is InChI=1S/C13H8ClFINO/c14-11-3-1-2-10(12(11)15)13(18)17-9-6-4-8(16)5-7-9/h1-7H,(H,17,18). The van der Waals surface area contributed by atoms with Crippen molar-refractivity contribution in [3.63, 3.8) is 0 Å². The lowest BCUT2D eigenvalue weighted by Gasteiger charge is -2.06. The first-order valence-electron chi connectivity index (χ1n) is 5.09. The van der Waals surface area contributed by atoms with E-state index in [-0.39, 0.29) is 10.6 Å². The first kappa shape index (κ1) is 13.3. The number of carbonyl (C=O) groups is 1. The third kappa shape index (κ3) is 3.00. The summed E-state index contributed by atoms with van der Waals surface area (Å²) in [5.41, 5.74) is 0.542. The van der Waals surface area contributed by atoms with Gasteiger partial charge in [0.2, 0.25) is 0 Å². The summed E-state index contributed by atoms with van der Waals surface area (Å²) in [5.74, 6) is -1.22. The number of rotatable bonds is 2. The number of hydrogen-bond donors (Lipinski definition) is 1. The molecule has 0 unspecified atom stereocenters. The van der Waals surface area contributed by atoms with Crippen LogP contribution in [0.5, 0.6) is 0 Å². The Kier molecular flexibility index (Phi) is 4.19. The zero-order valence-corrected chi connectivity index (χ0v) is 12.0. The number of carbonyl (C=O) groups excluding carboxylic acids is 1. The first-order chi connectivity index (χ1) is 8.58. The van der Waals surface area contributed by atoms with Gasteiger partial charge in [0.1, 0.15) is 0 Å². The van der Waals surface area contributed by atoms with Crippen molar-refractivity contribution in [2.75, 3.05) is 5.32 Å². The molecule has 0 aliphatic carbocycles. The summed E-state index contributed by atoms with van der Waals surface area (Å²) in [6, 6.07) is 11.5. The Morgan fingerprint density at radius 3 is 2.50 bits per heavy atom. The maximum Gasteiger partial charge on any atom is 0.258 e. The predicted octanol–water partition coefficient (Wildman–Crippen LogP) is 4.34. The fourth-order valence-corrected chi connectivity index (χ4v) is 1.94. The van der Waals surface area contributed by atoms with E-state index in [1.807, 2.05) is 12.1 Å². The number of hydrogen-bond acceptors (Lipinski definition) is 1. The van der Waals surface area contributed by atoms with Gasteiger partial charge in [0.25, 0.3) is 5.91 Å². The van der Waals surface area contributed by atoms with Gasteiger partial charge in [0, 0.05) is 9.26 Å². The third-order valence-corrected chi connectivity index (χ3v) is 3.31. The van der Waals surface area contributed by atoms with Gasteiger partial charge in [-0.15, -0.1) is 0 Å². The molecule has 0 aliphatic heterocycles. The summed E-state index contributed by atoms with van der Waals surface area (Å²) in [6.07, 6.45) is 0. The highest BCUT2D eigenvalue weighted by atomic mass is 127. The van der Waals surface area contributed by atoms with E-state index in [1.165, 1.54) is 18.2 Å². The quantitative estimate of drug-likeness (QED) is 0.778. The van der Waals surface area contributed by atoms with Crippen LogP contribution in [0.25, 0.3) is 0 Å². The lowest BCUT2D eigenvalue weighted by atomic mass is 10.2. The molecular formula is C13H8ClFINO. The summed E-state index contributed by atoms with van der Waals surface area (Å²) >= 11 is 7.79. The van der Waals surface area contributed by atoms with Crippen LogP contribution in [0.15, 0.2) is 42.5 Å². The highest BCUT2D eigenvalue weighted by Crippen LogP contribution is 2.19. The zero-order valence-electron chi connectivity index (χ0n) is 9.08. The Hall–Kier alpha value is -1.14.